The van der Waals surface area contributed by atoms with E-state index in [1.807, 2.05) is 13.8 Å². The standard InChI is InChI=1S/C16H22BrFN8O2/c1-8(5-9(2)22-16(19)20)7-21-14-13(25-28-26-14)15(24-27)23-10-3-4-12(18)11(17)6-10/h3-4,6,8-9,27H,5,7H2,1-2H3,(H,21,26)(H,23,24)(H4,19,20,22). The molecule has 1 heterocycles. The van der Waals surface area contributed by atoms with Gasteiger partial charge in [-0.25, -0.2) is 9.02 Å². The minimum Gasteiger partial charge on any atom is -0.409 e. The maximum Gasteiger partial charge on any atom is 0.203 e. The molecule has 7 N–H and O–H groups in total. The molecule has 0 aliphatic rings. The van der Waals surface area contributed by atoms with Crippen LogP contribution in [0.5, 0.6) is 0 Å². The molecule has 1 aromatic carbocycles. The summed E-state index contributed by atoms with van der Waals surface area (Å²) in [5, 5.41) is 36.1. The number of nitrogens with zero attached hydrogens (tertiary/aromatic N) is 3. The van der Waals surface area contributed by atoms with Crippen LogP contribution < -0.4 is 21.7 Å². The molecule has 10 nitrogen and oxygen atoms in total. The van der Waals surface area contributed by atoms with Gasteiger partial charge in [0.25, 0.3) is 0 Å². The lowest BCUT2D eigenvalue weighted by molar-refractivity contribution is 0.304. The van der Waals surface area contributed by atoms with Crippen LogP contribution in [0.4, 0.5) is 15.9 Å². The van der Waals surface area contributed by atoms with Gasteiger partial charge in [-0.15, -0.1) is 0 Å². The molecule has 0 saturated heterocycles. The summed E-state index contributed by atoms with van der Waals surface area (Å²) >= 11 is 3.09. The van der Waals surface area contributed by atoms with Crippen molar-refractivity contribution in [2.75, 3.05) is 17.2 Å². The van der Waals surface area contributed by atoms with Gasteiger partial charge in [0.1, 0.15) is 5.82 Å². The van der Waals surface area contributed by atoms with Gasteiger partial charge in [-0.1, -0.05) is 12.1 Å². The first kappa shape index (κ1) is 21.4. The Kier molecular flexibility index (Phi) is 7.55. The number of nitrogens with one attached hydrogen (secondary N) is 4. The van der Waals surface area contributed by atoms with Crippen LogP contribution in [0.15, 0.2) is 32.5 Å². The highest BCUT2D eigenvalue weighted by molar-refractivity contribution is 9.10. The zero-order valence-electron chi connectivity index (χ0n) is 15.3. The van der Waals surface area contributed by atoms with Crippen molar-refractivity contribution >= 4 is 39.2 Å². The number of amidine groups is 1. The Morgan fingerprint density at radius 2 is 2.18 bits per heavy atom. The predicted molar refractivity (Wildman–Crippen MR) is 107 cm³/mol. The van der Waals surface area contributed by atoms with E-state index in [-0.39, 0.29) is 33.9 Å². The maximum atomic E-state index is 13.4. The fourth-order valence-electron chi connectivity index (χ4n) is 2.58. The van der Waals surface area contributed by atoms with Crippen molar-refractivity contribution in [3.05, 3.63) is 34.2 Å². The first-order chi connectivity index (χ1) is 13.3. The predicted octanol–water partition coefficient (Wildman–Crippen LogP) is 2.53. The second kappa shape index (κ2) is 9.88. The number of hydrogen-bond donors (Lipinski definition) is 6. The minimum absolute atomic E-state index is 0.0125. The molecule has 2 rings (SSSR count). The van der Waals surface area contributed by atoms with Gasteiger partial charge in [0, 0.05) is 18.3 Å². The first-order valence-electron chi connectivity index (χ1n) is 8.41. The molecule has 12 heteroatoms. The fraction of sp³-hybridized carbons (Fsp3) is 0.375. The third-order valence-electron chi connectivity index (χ3n) is 3.77. The molecule has 0 radical (unpaired) electrons. The molecule has 0 fully saturated rings. The van der Waals surface area contributed by atoms with Gasteiger partial charge in [-0.3, -0.25) is 5.41 Å². The molecule has 0 spiro atoms. The Morgan fingerprint density at radius 1 is 1.43 bits per heavy atom. The summed E-state index contributed by atoms with van der Waals surface area (Å²) in [7, 11) is 0. The molecule has 0 amide bonds. The minimum atomic E-state index is -0.416. The highest BCUT2D eigenvalue weighted by Gasteiger charge is 2.19. The molecule has 2 atom stereocenters. The van der Waals surface area contributed by atoms with Gasteiger partial charge in [-0.2, -0.15) is 0 Å². The van der Waals surface area contributed by atoms with E-state index in [9.17, 15) is 9.60 Å². The van der Waals surface area contributed by atoms with Crippen molar-refractivity contribution in [2.45, 2.75) is 26.3 Å². The van der Waals surface area contributed by atoms with Crippen LogP contribution >= 0.6 is 15.9 Å². The maximum absolute atomic E-state index is 13.4. The summed E-state index contributed by atoms with van der Waals surface area (Å²) < 4.78 is 18.4. The smallest absolute Gasteiger partial charge is 0.203 e. The van der Waals surface area contributed by atoms with Crippen LogP contribution in [0.3, 0.4) is 0 Å². The van der Waals surface area contributed by atoms with Crippen LogP contribution in [-0.2, 0) is 0 Å². The number of oxime groups is 1. The SMILES string of the molecule is CC(CNc1nonc1/C(=N/O)Nc1ccc(F)c(Br)c1)CC(C)NC(=N)N. The molecule has 2 unspecified atom stereocenters. The zero-order valence-corrected chi connectivity index (χ0v) is 16.9. The van der Waals surface area contributed by atoms with E-state index >= 15 is 0 Å². The third-order valence-corrected chi connectivity index (χ3v) is 4.38. The molecule has 152 valence electrons. The lowest BCUT2D eigenvalue weighted by Gasteiger charge is -2.18. The topological polar surface area (TPSA) is 157 Å². The average molecular weight is 457 g/mol. The molecule has 2 aromatic rings. The monoisotopic (exact) mass is 456 g/mol. The largest absolute Gasteiger partial charge is 0.409 e. The van der Waals surface area contributed by atoms with Gasteiger partial charge in [0.05, 0.1) is 4.47 Å². The normalized spacial score (nSPS) is 13.6. The highest BCUT2D eigenvalue weighted by Crippen LogP contribution is 2.21. The van der Waals surface area contributed by atoms with E-state index in [2.05, 4.69) is 47.3 Å². The number of nitrogens with two attached hydrogens (primary N) is 1. The summed E-state index contributed by atoms with van der Waals surface area (Å²) in [5.41, 5.74) is 5.98. The third kappa shape index (κ3) is 6.08. The van der Waals surface area contributed by atoms with E-state index in [0.29, 0.717) is 18.1 Å². The lowest BCUT2D eigenvalue weighted by Crippen LogP contribution is -2.38. The Morgan fingerprint density at radius 3 is 2.82 bits per heavy atom. The van der Waals surface area contributed by atoms with Gasteiger partial charge in [0.2, 0.25) is 11.7 Å². The van der Waals surface area contributed by atoms with Crippen molar-refractivity contribution in [1.82, 2.24) is 15.6 Å². The van der Waals surface area contributed by atoms with Gasteiger partial charge < -0.3 is 26.9 Å². The lowest BCUT2D eigenvalue weighted by atomic mass is 10.0. The van der Waals surface area contributed by atoms with Crippen molar-refractivity contribution in [3.63, 3.8) is 0 Å². The number of guanidine groups is 1. The van der Waals surface area contributed by atoms with E-state index in [0.717, 1.165) is 6.42 Å². The second-order valence-electron chi connectivity index (χ2n) is 6.34. The number of anilines is 2. The van der Waals surface area contributed by atoms with Crippen molar-refractivity contribution < 1.29 is 14.2 Å². The van der Waals surface area contributed by atoms with E-state index < -0.39 is 5.82 Å². The van der Waals surface area contributed by atoms with Crippen molar-refractivity contribution in [3.8, 4) is 0 Å². The first-order valence-corrected chi connectivity index (χ1v) is 9.21. The molecule has 0 saturated carbocycles. The van der Waals surface area contributed by atoms with E-state index in [1.165, 1.54) is 18.2 Å². The number of halogens is 2. The number of benzene rings is 1. The zero-order chi connectivity index (χ0) is 20.7. The van der Waals surface area contributed by atoms with Gasteiger partial charge >= 0.3 is 0 Å². The van der Waals surface area contributed by atoms with Crippen LogP contribution in [0.2, 0.25) is 0 Å². The van der Waals surface area contributed by atoms with Gasteiger partial charge in [-0.05, 0) is 63.7 Å². The van der Waals surface area contributed by atoms with Crippen molar-refractivity contribution in [1.29, 1.82) is 5.41 Å². The van der Waals surface area contributed by atoms with Gasteiger partial charge in [0.15, 0.2) is 11.7 Å². The second-order valence-corrected chi connectivity index (χ2v) is 7.20. The molecular formula is C16H22BrFN8O2. The quantitative estimate of drug-likeness (QED) is 0.153. The summed E-state index contributed by atoms with van der Waals surface area (Å²) in [6, 6.07) is 4.28. The van der Waals surface area contributed by atoms with Crippen LogP contribution in [0.25, 0.3) is 0 Å². The molecule has 28 heavy (non-hydrogen) atoms. The average Bonchev–Trinajstić information content (AvgIpc) is 3.08. The molecule has 0 aliphatic heterocycles. The Bertz CT molecular complexity index is 844. The van der Waals surface area contributed by atoms with Crippen LogP contribution in [0, 0.1) is 17.1 Å². The molecule has 1 aromatic heterocycles. The molecular weight excluding hydrogens is 435 g/mol. The number of aromatic nitrogens is 2. The Hall–Kier alpha value is -2.89. The summed E-state index contributed by atoms with van der Waals surface area (Å²) in [6.45, 7) is 4.49. The summed E-state index contributed by atoms with van der Waals surface area (Å²) in [5.74, 6) is 0.00267. The van der Waals surface area contributed by atoms with E-state index in [4.69, 9.17) is 15.8 Å². The van der Waals surface area contributed by atoms with Crippen molar-refractivity contribution in [2.24, 2.45) is 16.8 Å². The molecule has 0 aliphatic carbocycles. The number of hydrogen-bond acceptors (Lipinski definition) is 7. The van der Waals surface area contributed by atoms with Crippen LogP contribution in [-0.4, -0.2) is 39.9 Å². The summed E-state index contributed by atoms with van der Waals surface area (Å²) in [4.78, 5) is 0. The van der Waals surface area contributed by atoms with E-state index in [1.54, 1.807) is 0 Å². The Balaban J connectivity index is 2.00. The fourth-order valence-corrected chi connectivity index (χ4v) is 2.96. The summed E-state index contributed by atoms with van der Waals surface area (Å²) in [6.07, 6.45) is 0.760. The number of rotatable bonds is 8. The Labute approximate surface area is 169 Å². The highest BCUT2D eigenvalue weighted by atomic mass is 79.9. The molecule has 0 bridgehead atoms. The van der Waals surface area contributed by atoms with Crippen LogP contribution in [0.1, 0.15) is 26.0 Å².